The first-order valence-corrected chi connectivity index (χ1v) is 8.93. The van der Waals surface area contributed by atoms with Crippen molar-refractivity contribution in [1.29, 1.82) is 0 Å². The minimum Gasteiger partial charge on any atom is -0.489 e. The number of nitrogens with one attached hydrogen (secondary N) is 2. The summed E-state index contributed by atoms with van der Waals surface area (Å²) in [6.07, 6.45) is 5.88. The second kappa shape index (κ2) is 12.5. The fraction of sp³-hybridized carbons (Fsp3) is 0.474. The van der Waals surface area contributed by atoms with Crippen molar-refractivity contribution in [1.82, 2.24) is 20.2 Å². The van der Waals surface area contributed by atoms with Crippen LogP contribution in [-0.2, 0) is 6.54 Å². The van der Waals surface area contributed by atoms with Gasteiger partial charge in [0.05, 0.1) is 6.54 Å². The first-order valence-electron chi connectivity index (χ1n) is 8.93. The summed E-state index contributed by atoms with van der Waals surface area (Å²) in [7, 11) is 1.75. The Morgan fingerprint density at radius 2 is 2.00 bits per heavy atom. The average Bonchev–Trinajstić information content (AvgIpc) is 3.04. The summed E-state index contributed by atoms with van der Waals surface area (Å²) in [5.74, 6) is 2.18. The molecule has 150 valence electrons. The molecule has 0 amide bonds. The van der Waals surface area contributed by atoms with E-state index >= 15 is 0 Å². The van der Waals surface area contributed by atoms with Crippen LogP contribution in [0.4, 0.5) is 4.39 Å². The Morgan fingerprint density at radius 1 is 1.26 bits per heavy atom. The minimum atomic E-state index is -0.268. The van der Waals surface area contributed by atoms with Crippen molar-refractivity contribution in [2.45, 2.75) is 39.3 Å². The van der Waals surface area contributed by atoms with Crippen LogP contribution in [-0.4, -0.2) is 41.8 Å². The smallest absolute Gasteiger partial charge is 0.191 e. The number of hydrogen-bond donors (Lipinski definition) is 2. The highest BCUT2D eigenvalue weighted by Gasteiger charge is 2.06. The number of nitrogens with zero attached hydrogens (tertiary/aromatic N) is 3. The van der Waals surface area contributed by atoms with E-state index in [1.165, 1.54) is 12.1 Å². The maximum absolute atomic E-state index is 12.9. The van der Waals surface area contributed by atoms with Gasteiger partial charge in [-0.25, -0.2) is 9.37 Å². The van der Waals surface area contributed by atoms with Crippen LogP contribution in [0.15, 0.2) is 41.7 Å². The Morgan fingerprint density at radius 3 is 2.63 bits per heavy atom. The van der Waals surface area contributed by atoms with E-state index in [1.807, 2.05) is 26.2 Å². The number of rotatable bonds is 9. The predicted molar refractivity (Wildman–Crippen MR) is 117 cm³/mol. The lowest BCUT2D eigenvalue weighted by Crippen LogP contribution is -2.42. The van der Waals surface area contributed by atoms with Crippen LogP contribution in [0.3, 0.4) is 0 Å². The highest BCUT2D eigenvalue weighted by Crippen LogP contribution is 2.12. The molecular weight excluding hydrogens is 460 g/mol. The summed E-state index contributed by atoms with van der Waals surface area (Å²) in [6, 6.07) is 6.03. The van der Waals surface area contributed by atoms with Gasteiger partial charge in [-0.1, -0.05) is 0 Å². The van der Waals surface area contributed by atoms with Crippen molar-refractivity contribution < 1.29 is 9.13 Å². The van der Waals surface area contributed by atoms with Gasteiger partial charge in [0.15, 0.2) is 5.96 Å². The molecule has 0 aliphatic rings. The molecule has 0 aliphatic carbocycles. The number of hydrogen-bond acceptors (Lipinski definition) is 3. The number of aryl methyl sites for hydroxylation is 2. The molecule has 1 aromatic heterocycles. The number of benzene rings is 1. The van der Waals surface area contributed by atoms with Gasteiger partial charge >= 0.3 is 0 Å². The fourth-order valence-electron chi connectivity index (χ4n) is 2.50. The van der Waals surface area contributed by atoms with E-state index < -0.39 is 0 Å². The lowest BCUT2D eigenvalue weighted by molar-refractivity contribution is 0.223. The highest BCUT2D eigenvalue weighted by molar-refractivity contribution is 14.0. The van der Waals surface area contributed by atoms with Gasteiger partial charge in [-0.05, 0) is 51.0 Å². The van der Waals surface area contributed by atoms with Crippen LogP contribution >= 0.6 is 24.0 Å². The van der Waals surface area contributed by atoms with Gasteiger partial charge in [-0.3, -0.25) is 4.99 Å². The number of guanidine groups is 1. The van der Waals surface area contributed by atoms with E-state index in [-0.39, 0.29) is 35.9 Å². The first kappa shape index (κ1) is 23.2. The van der Waals surface area contributed by atoms with E-state index in [0.717, 1.165) is 37.7 Å². The zero-order valence-corrected chi connectivity index (χ0v) is 18.4. The third kappa shape index (κ3) is 8.59. The lowest BCUT2D eigenvalue weighted by Gasteiger charge is -2.17. The molecule has 2 N–H and O–H groups in total. The number of unbranched alkanes of at least 4 members (excludes halogenated alkanes) is 1. The van der Waals surface area contributed by atoms with Crippen LogP contribution in [0.5, 0.6) is 5.75 Å². The molecule has 2 aromatic rings. The SMILES string of the molecule is CN=C(NCCCCn1ccnc1C)NCC(C)Oc1ccc(F)cc1.I. The topological polar surface area (TPSA) is 63.5 Å². The normalized spacial score (nSPS) is 12.2. The third-order valence-corrected chi connectivity index (χ3v) is 3.97. The minimum absolute atomic E-state index is 0. The maximum atomic E-state index is 12.9. The van der Waals surface area contributed by atoms with E-state index in [4.69, 9.17) is 4.74 Å². The van der Waals surface area contributed by atoms with Gasteiger partial charge in [0, 0.05) is 32.5 Å². The molecule has 6 nitrogen and oxygen atoms in total. The lowest BCUT2D eigenvalue weighted by atomic mass is 10.3. The van der Waals surface area contributed by atoms with E-state index in [2.05, 4.69) is 25.2 Å². The molecule has 0 aliphatic heterocycles. The summed E-state index contributed by atoms with van der Waals surface area (Å²) in [6.45, 7) is 6.39. The fourth-order valence-corrected chi connectivity index (χ4v) is 2.50. The Bertz CT molecular complexity index is 690. The van der Waals surface area contributed by atoms with Crippen LogP contribution in [0.25, 0.3) is 0 Å². The average molecular weight is 489 g/mol. The summed E-state index contributed by atoms with van der Waals surface area (Å²) < 4.78 is 20.8. The van der Waals surface area contributed by atoms with Crippen LogP contribution in [0.1, 0.15) is 25.6 Å². The van der Waals surface area contributed by atoms with Gasteiger partial charge < -0.3 is 19.9 Å². The monoisotopic (exact) mass is 489 g/mol. The number of aliphatic imine (C=N–C) groups is 1. The van der Waals surface area contributed by atoms with Crippen molar-refractivity contribution >= 4 is 29.9 Å². The van der Waals surface area contributed by atoms with Gasteiger partial charge in [0.2, 0.25) is 0 Å². The van der Waals surface area contributed by atoms with E-state index in [0.29, 0.717) is 12.3 Å². The molecule has 0 saturated carbocycles. The summed E-state index contributed by atoms with van der Waals surface area (Å²) in [4.78, 5) is 8.43. The number of halogens is 2. The molecular formula is C19H29FIN5O. The predicted octanol–water partition coefficient (Wildman–Crippen LogP) is 3.36. The molecule has 8 heteroatoms. The Hall–Kier alpha value is -1.84. The molecule has 2 rings (SSSR count). The summed E-state index contributed by atoms with van der Waals surface area (Å²) >= 11 is 0. The second-order valence-corrected chi connectivity index (χ2v) is 6.14. The Labute approximate surface area is 177 Å². The first-order chi connectivity index (χ1) is 12.6. The molecule has 0 fully saturated rings. The van der Waals surface area contributed by atoms with Crippen LogP contribution < -0.4 is 15.4 Å². The highest BCUT2D eigenvalue weighted by atomic mass is 127. The van der Waals surface area contributed by atoms with Gasteiger partial charge in [0.25, 0.3) is 0 Å². The van der Waals surface area contributed by atoms with Crippen LogP contribution in [0.2, 0.25) is 0 Å². The van der Waals surface area contributed by atoms with E-state index in [1.54, 1.807) is 19.2 Å². The second-order valence-electron chi connectivity index (χ2n) is 6.14. The third-order valence-electron chi connectivity index (χ3n) is 3.97. The quantitative estimate of drug-likeness (QED) is 0.246. The molecule has 0 radical (unpaired) electrons. The molecule has 1 heterocycles. The molecule has 0 spiro atoms. The van der Waals surface area contributed by atoms with Gasteiger partial charge in [-0.2, -0.15) is 0 Å². The van der Waals surface area contributed by atoms with E-state index in [9.17, 15) is 4.39 Å². The van der Waals surface area contributed by atoms with Gasteiger partial charge in [-0.15, -0.1) is 24.0 Å². The maximum Gasteiger partial charge on any atom is 0.191 e. The van der Waals surface area contributed by atoms with Crippen molar-refractivity contribution in [3.8, 4) is 5.75 Å². The molecule has 1 atom stereocenters. The standard InChI is InChI=1S/C19H28FN5O.HI/c1-15(26-18-8-6-17(20)7-9-18)14-24-19(21-3)23-10-4-5-12-25-13-11-22-16(25)2;/h6-9,11,13,15H,4-5,10,12,14H2,1-3H3,(H2,21,23,24);1H. The molecule has 0 bridgehead atoms. The molecule has 0 saturated heterocycles. The van der Waals surface area contributed by atoms with Crippen molar-refractivity contribution in [2.24, 2.45) is 4.99 Å². The number of aromatic nitrogens is 2. The Kier molecular flexibility index (Phi) is 10.8. The van der Waals surface area contributed by atoms with Crippen molar-refractivity contribution in [3.05, 3.63) is 48.3 Å². The van der Waals surface area contributed by atoms with Crippen LogP contribution in [0, 0.1) is 12.7 Å². The molecule has 1 aromatic carbocycles. The largest absolute Gasteiger partial charge is 0.489 e. The van der Waals surface area contributed by atoms with Crippen molar-refractivity contribution in [3.63, 3.8) is 0 Å². The van der Waals surface area contributed by atoms with Gasteiger partial charge in [0.1, 0.15) is 23.5 Å². The number of imidazole rings is 1. The Balaban J connectivity index is 0.00000364. The molecule has 27 heavy (non-hydrogen) atoms. The zero-order valence-electron chi connectivity index (χ0n) is 16.1. The molecule has 1 unspecified atom stereocenters. The summed E-state index contributed by atoms with van der Waals surface area (Å²) in [5.41, 5.74) is 0. The number of ether oxygens (including phenoxy) is 1. The summed E-state index contributed by atoms with van der Waals surface area (Å²) in [5, 5.41) is 6.54. The van der Waals surface area contributed by atoms with Crippen molar-refractivity contribution in [2.75, 3.05) is 20.1 Å². The zero-order chi connectivity index (χ0) is 18.8.